The zero-order valence-electron chi connectivity index (χ0n) is 9.17. The van der Waals surface area contributed by atoms with E-state index in [2.05, 4.69) is 21.2 Å². The molecule has 1 N–H and O–H groups in total. The van der Waals surface area contributed by atoms with Gasteiger partial charge in [0.25, 0.3) is 0 Å². The summed E-state index contributed by atoms with van der Waals surface area (Å²) in [6.45, 7) is 2.22. The Morgan fingerprint density at radius 3 is 3.06 bits per heavy atom. The Hall–Kier alpha value is -0.190. The van der Waals surface area contributed by atoms with Crippen LogP contribution in [0.4, 0.5) is 0 Å². The van der Waals surface area contributed by atoms with E-state index in [9.17, 15) is 4.79 Å². The smallest absolute Gasteiger partial charge is 0.164 e. The van der Waals surface area contributed by atoms with Gasteiger partial charge in [0.2, 0.25) is 0 Å². The second-order valence-corrected chi connectivity index (χ2v) is 5.91. The van der Waals surface area contributed by atoms with E-state index in [1.165, 1.54) is 12.8 Å². The quantitative estimate of drug-likeness (QED) is 0.863. The normalized spacial score (nSPS) is 20.9. The maximum absolute atomic E-state index is 11.9. The Labute approximate surface area is 109 Å². The highest BCUT2D eigenvalue weighted by atomic mass is 79.9. The van der Waals surface area contributed by atoms with Gasteiger partial charge in [-0.25, -0.2) is 0 Å². The molecule has 1 aliphatic rings. The number of hydrogen-bond donors (Lipinski definition) is 1. The van der Waals surface area contributed by atoms with Crippen molar-refractivity contribution >= 4 is 33.0 Å². The summed E-state index contributed by atoms with van der Waals surface area (Å²) >= 11 is 4.99. The summed E-state index contributed by atoms with van der Waals surface area (Å²) in [5.74, 6) is 0.966. The van der Waals surface area contributed by atoms with Gasteiger partial charge in [0, 0.05) is 27.2 Å². The van der Waals surface area contributed by atoms with Gasteiger partial charge in [-0.2, -0.15) is 11.3 Å². The summed E-state index contributed by atoms with van der Waals surface area (Å²) in [6.07, 6.45) is 4.22. The van der Waals surface area contributed by atoms with E-state index in [0.717, 1.165) is 29.5 Å². The Bertz CT molecular complexity index is 358. The number of piperidine rings is 1. The van der Waals surface area contributed by atoms with E-state index < -0.39 is 0 Å². The maximum atomic E-state index is 11.9. The third-order valence-electron chi connectivity index (χ3n) is 3.09. The zero-order valence-corrected chi connectivity index (χ0v) is 11.6. The standard InChI is InChI=1S/C12H16BrNOS/c13-11-8-16-7-10(11)12(15)4-3-9-2-1-5-14-6-9/h7-9,14H,1-6H2. The van der Waals surface area contributed by atoms with Gasteiger partial charge in [-0.05, 0) is 54.2 Å². The molecule has 4 heteroatoms. The highest BCUT2D eigenvalue weighted by Crippen LogP contribution is 2.24. The number of nitrogens with one attached hydrogen (secondary N) is 1. The van der Waals surface area contributed by atoms with Crippen LogP contribution >= 0.6 is 27.3 Å². The van der Waals surface area contributed by atoms with Crippen molar-refractivity contribution in [2.75, 3.05) is 13.1 Å². The van der Waals surface area contributed by atoms with Crippen LogP contribution in [0.15, 0.2) is 15.2 Å². The summed E-state index contributed by atoms with van der Waals surface area (Å²) in [5.41, 5.74) is 0.855. The van der Waals surface area contributed by atoms with E-state index in [0.29, 0.717) is 12.3 Å². The first-order valence-corrected chi connectivity index (χ1v) is 7.46. The molecule has 88 valence electrons. The molecule has 16 heavy (non-hydrogen) atoms. The topological polar surface area (TPSA) is 29.1 Å². The number of hydrogen-bond acceptors (Lipinski definition) is 3. The van der Waals surface area contributed by atoms with Crippen molar-refractivity contribution in [2.45, 2.75) is 25.7 Å². The molecule has 0 bridgehead atoms. The van der Waals surface area contributed by atoms with Crippen molar-refractivity contribution < 1.29 is 4.79 Å². The first kappa shape index (κ1) is 12.3. The monoisotopic (exact) mass is 301 g/mol. The van der Waals surface area contributed by atoms with Crippen LogP contribution in [0.2, 0.25) is 0 Å². The van der Waals surface area contributed by atoms with Crippen molar-refractivity contribution in [1.29, 1.82) is 0 Å². The molecule has 0 amide bonds. The molecular weight excluding hydrogens is 286 g/mol. The van der Waals surface area contributed by atoms with Gasteiger partial charge in [0.1, 0.15) is 0 Å². The van der Waals surface area contributed by atoms with Crippen LogP contribution in [0.3, 0.4) is 0 Å². The van der Waals surface area contributed by atoms with Crippen LogP contribution in [0.5, 0.6) is 0 Å². The minimum Gasteiger partial charge on any atom is -0.316 e. The Morgan fingerprint density at radius 1 is 1.56 bits per heavy atom. The van der Waals surface area contributed by atoms with Gasteiger partial charge in [-0.3, -0.25) is 4.79 Å². The number of thiophene rings is 1. The van der Waals surface area contributed by atoms with Crippen LogP contribution in [-0.4, -0.2) is 18.9 Å². The summed E-state index contributed by atoms with van der Waals surface area (Å²) < 4.78 is 0.948. The highest BCUT2D eigenvalue weighted by molar-refractivity contribution is 9.10. The summed E-state index contributed by atoms with van der Waals surface area (Å²) in [4.78, 5) is 11.9. The number of rotatable bonds is 4. The van der Waals surface area contributed by atoms with Crippen molar-refractivity contribution in [3.63, 3.8) is 0 Å². The molecule has 2 nitrogen and oxygen atoms in total. The van der Waals surface area contributed by atoms with E-state index >= 15 is 0 Å². The van der Waals surface area contributed by atoms with E-state index in [-0.39, 0.29) is 5.78 Å². The lowest BCUT2D eigenvalue weighted by Gasteiger charge is -2.22. The number of carbonyl (C=O) groups excluding carboxylic acids is 1. The minimum absolute atomic E-state index is 0.277. The average molecular weight is 302 g/mol. The van der Waals surface area contributed by atoms with Crippen LogP contribution < -0.4 is 5.32 Å². The van der Waals surface area contributed by atoms with Crippen molar-refractivity contribution in [1.82, 2.24) is 5.32 Å². The van der Waals surface area contributed by atoms with Gasteiger partial charge in [-0.15, -0.1) is 0 Å². The maximum Gasteiger partial charge on any atom is 0.164 e. The van der Waals surface area contributed by atoms with E-state index in [1.807, 2.05) is 10.8 Å². The molecule has 1 fully saturated rings. The number of ketones is 1. The number of halogens is 1. The molecule has 0 aromatic carbocycles. The fraction of sp³-hybridized carbons (Fsp3) is 0.583. The lowest BCUT2D eigenvalue weighted by atomic mass is 9.93. The predicted octanol–water partition coefficient (Wildman–Crippen LogP) is 3.47. The Kier molecular flexibility index (Phi) is 4.55. The van der Waals surface area contributed by atoms with E-state index in [1.54, 1.807) is 11.3 Å². The van der Waals surface area contributed by atoms with Crippen LogP contribution in [0.25, 0.3) is 0 Å². The number of Topliss-reactive ketones (excluding diaryl/α,β-unsaturated/α-hetero) is 1. The van der Waals surface area contributed by atoms with Crippen molar-refractivity contribution in [3.05, 3.63) is 20.8 Å². The van der Waals surface area contributed by atoms with Gasteiger partial charge < -0.3 is 5.32 Å². The average Bonchev–Trinajstić information content (AvgIpc) is 2.74. The van der Waals surface area contributed by atoms with Gasteiger partial charge in [0.05, 0.1) is 0 Å². The molecule has 2 heterocycles. The largest absolute Gasteiger partial charge is 0.316 e. The lowest BCUT2D eigenvalue weighted by Crippen LogP contribution is -2.30. The fourth-order valence-electron chi connectivity index (χ4n) is 2.12. The molecule has 1 unspecified atom stereocenters. The third kappa shape index (κ3) is 3.15. The van der Waals surface area contributed by atoms with Crippen LogP contribution in [0.1, 0.15) is 36.0 Å². The van der Waals surface area contributed by atoms with E-state index in [4.69, 9.17) is 0 Å². The second kappa shape index (κ2) is 5.94. The lowest BCUT2D eigenvalue weighted by molar-refractivity contribution is 0.0971. The highest BCUT2D eigenvalue weighted by Gasteiger charge is 2.16. The molecule has 1 saturated heterocycles. The SMILES string of the molecule is O=C(CCC1CCCNC1)c1cscc1Br. The molecule has 0 saturated carbocycles. The molecule has 0 aliphatic carbocycles. The van der Waals surface area contributed by atoms with Crippen molar-refractivity contribution in [2.24, 2.45) is 5.92 Å². The second-order valence-electron chi connectivity index (χ2n) is 4.31. The molecule has 1 aliphatic heterocycles. The Balaban J connectivity index is 1.81. The zero-order chi connectivity index (χ0) is 11.4. The molecule has 1 aromatic heterocycles. The first-order valence-electron chi connectivity index (χ1n) is 5.73. The number of carbonyl (C=O) groups is 1. The molecule has 1 aromatic rings. The molecule has 0 spiro atoms. The summed E-state index contributed by atoms with van der Waals surface area (Å²) in [7, 11) is 0. The molecule has 2 rings (SSSR count). The Morgan fingerprint density at radius 2 is 2.44 bits per heavy atom. The van der Waals surface area contributed by atoms with Gasteiger partial charge in [0.15, 0.2) is 5.78 Å². The third-order valence-corrected chi connectivity index (χ3v) is 4.80. The fourth-order valence-corrected chi connectivity index (χ4v) is 3.64. The predicted molar refractivity (Wildman–Crippen MR) is 71.2 cm³/mol. The van der Waals surface area contributed by atoms with Crippen LogP contribution in [0, 0.1) is 5.92 Å². The minimum atomic E-state index is 0.277. The first-order chi connectivity index (χ1) is 7.77. The van der Waals surface area contributed by atoms with Gasteiger partial charge in [-0.1, -0.05) is 0 Å². The van der Waals surface area contributed by atoms with Crippen LogP contribution in [-0.2, 0) is 0 Å². The van der Waals surface area contributed by atoms with Gasteiger partial charge >= 0.3 is 0 Å². The van der Waals surface area contributed by atoms with Crippen molar-refractivity contribution in [3.8, 4) is 0 Å². The molecule has 1 atom stereocenters. The molecular formula is C12H16BrNOS. The summed E-state index contributed by atoms with van der Waals surface area (Å²) in [5, 5.41) is 7.29. The molecule has 0 radical (unpaired) electrons. The summed E-state index contributed by atoms with van der Waals surface area (Å²) in [6, 6.07) is 0.